The molecule has 8 heteroatoms. The highest BCUT2D eigenvalue weighted by Gasteiger charge is 2.56. The molecule has 2 aliphatic rings. The lowest BCUT2D eigenvalue weighted by Crippen LogP contribution is -2.41. The number of anilines is 1. The van der Waals surface area contributed by atoms with Crippen LogP contribution in [0.3, 0.4) is 0 Å². The summed E-state index contributed by atoms with van der Waals surface area (Å²) in [6.45, 7) is 2.00. The topological polar surface area (TPSA) is 87.5 Å². The van der Waals surface area contributed by atoms with Gasteiger partial charge in [0, 0.05) is 28.8 Å². The summed E-state index contributed by atoms with van der Waals surface area (Å²) in [4.78, 5) is 26.1. The summed E-state index contributed by atoms with van der Waals surface area (Å²) in [6, 6.07) is 21.0. The van der Waals surface area contributed by atoms with Gasteiger partial charge in [-0.15, -0.1) is 0 Å². The van der Waals surface area contributed by atoms with Crippen molar-refractivity contribution >= 4 is 28.9 Å². The second-order valence-electron chi connectivity index (χ2n) is 8.21. The summed E-state index contributed by atoms with van der Waals surface area (Å²) in [5.41, 5.74) is 10.3. The van der Waals surface area contributed by atoms with E-state index >= 15 is 0 Å². The van der Waals surface area contributed by atoms with E-state index in [4.69, 9.17) is 11.6 Å². The summed E-state index contributed by atoms with van der Waals surface area (Å²) in [6.07, 6.45) is 0. The van der Waals surface area contributed by atoms with Gasteiger partial charge in [-0.05, 0) is 42.3 Å². The van der Waals surface area contributed by atoms with Crippen molar-refractivity contribution in [1.82, 2.24) is 10.9 Å². The van der Waals surface area contributed by atoms with Gasteiger partial charge in [0.15, 0.2) is 0 Å². The molecule has 3 aromatic rings. The highest BCUT2D eigenvalue weighted by Crippen LogP contribution is 2.49. The van der Waals surface area contributed by atoms with Crippen LogP contribution < -0.4 is 15.8 Å². The molecule has 0 spiro atoms. The van der Waals surface area contributed by atoms with E-state index in [1.807, 2.05) is 60.4 Å². The van der Waals surface area contributed by atoms with Crippen molar-refractivity contribution in [2.75, 3.05) is 4.90 Å². The number of hydrazine groups is 1. The van der Waals surface area contributed by atoms with Crippen LogP contribution in [-0.4, -0.2) is 16.9 Å². The maximum absolute atomic E-state index is 13.6. The molecular formula is C24H21ClN4O3. The van der Waals surface area contributed by atoms with E-state index in [0.717, 1.165) is 22.4 Å². The van der Waals surface area contributed by atoms with Crippen LogP contribution in [0.25, 0.3) is 0 Å². The molecule has 0 aliphatic carbocycles. The number of rotatable bonds is 4. The van der Waals surface area contributed by atoms with E-state index in [2.05, 4.69) is 10.9 Å². The normalized spacial score (nSPS) is 24.6. The number of nitrogens with zero attached hydrogens (tertiary/aromatic N) is 2. The predicted molar refractivity (Wildman–Crippen MR) is 122 cm³/mol. The third kappa shape index (κ3) is 3.44. The number of carbonyl (C=O) groups is 1. The zero-order chi connectivity index (χ0) is 22.4. The maximum atomic E-state index is 13.6. The first kappa shape index (κ1) is 20.6. The van der Waals surface area contributed by atoms with Crippen LogP contribution >= 0.6 is 11.6 Å². The molecule has 0 radical (unpaired) electrons. The molecule has 4 atom stereocenters. The molecule has 2 aliphatic heterocycles. The number of amides is 1. The number of nitrogens with one attached hydrogen (secondary N) is 2. The van der Waals surface area contributed by atoms with Gasteiger partial charge in [0.1, 0.15) is 6.04 Å². The number of hydrogen-bond acceptors (Lipinski definition) is 5. The second kappa shape index (κ2) is 8.02. The molecule has 2 fully saturated rings. The number of hydrogen-bond donors (Lipinski definition) is 2. The molecule has 0 saturated carbocycles. The minimum absolute atomic E-state index is 0.0217. The van der Waals surface area contributed by atoms with E-state index < -0.39 is 11.0 Å². The molecule has 5 rings (SSSR count). The minimum Gasteiger partial charge on any atom is -0.303 e. The van der Waals surface area contributed by atoms with E-state index in [1.54, 1.807) is 12.1 Å². The molecule has 2 saturated heterocycles. The van der Waals surface area contributed by atoms with Crippen molar-refractivity contribution in [3.63, 3.8) is 0 Å². The lowest BCUT2D eigenvalue weighted by molar-refractivity contribution is -0.384. The Balaban J connectivity index is 1.61. The van der Waals surface area contributed by atoms with Crippen molar-refractivity contribution in [2.45, 2.75) is 25.0 Å². The predicted octanol–water partition coefficient (Wildman–Crippen LogP) is 4.48. The van der Waals surface area contributed by atoms with Gasteiger partial charge in [-0.3, -0.25) is 14.9 Å². The molecule has 4 unspecified atom stereocenters. The average Bonchev–Trinajstić information content (AvgIpc) is 3.34. The molecule has 1 amide bonds. The third-order valence-corrected chi connectivity index (χ3v) is 6.55. The zero-order valence-electron chi connectivity index (χ0n) is 17.2. The Labute approximate surface area is 190 Å². The second-order valence-corrected chi connectivity index (χ2v) is 8.65. The van der Waals surface area contributed by atoms with Gasteiger partial charge in [0.05, 0.1) is 17.0 Å². The van der Waals surface area contributed by atoms with E-state index in [1.165, 1.54) is 12.1 Å². The lowest BCUT2D eigenvalue weighted by Gasteiger charge is -2.31. The van der Waals surface area contributed by atoms with Crippen molar-refractivity contribution in [3.05, 3.63) is 105 Å². The average molecular weight is 449 g/mol. The van der Waals surface area contributed by atoms with Crippen molar-refractivity contribution in [2.24, 2.45) is 5.92 Å². The Bertz CT molecular complexity index is 1170. The summed E-state index contributed by atoms with van der Waals surface area (Å²) in [7, 11) is 0. The fourth-order valence-electron chi connectivity index (χ4n) is 4.75. The SMILES string of the molecule is Cc1ccc(N2C(=O)C3NNC(c4ccc(Cl)cc4)C3C2c2ccc([N+](=O)[O-])cc2)cc1. The lowest BCUT2D eigenvalue weighted by atomic mass is 9.83. The van der Waals surface area contributed by atoms with Gasteiger partial charge < -0.3 is 4.90 Å². The van der Waals surface area contributed by atoms with Crippen molar-refractivity contribution in [3.8, 4) is 0 Å². The van der Waals surface area contributed by atoms with E-state index in [-0.39, 0.29) is 29.6 Å². The molecular weight excluding hydrogens is 428 g/mol. The molecule has 3 aromatic carbocycles. The Morgan fingerprint density at radius 2 is 1.47 bits per heavy atom. The summed E-state index contributed by atoms with van der Waals surface area (Å²) in [5.74, 6) is -0.169. The van der Waals surface area contributed by atoms with E-state index in [9.17, 15) is 14.9 Å². The molecule has 2 N–H and O–H groups in total. The summed E-state index contributed by atoms with van der Waals surface area (Å²) in [5, 5.41) is 11.8. The fourth-order valence-corrected chi connectivity index (χ4v) is 4.87. The molecule has 0 aromatic heterocycles. The highest BCUT2D eigenvalue weighted by molar-refractivity contribution is 6.30. The number of halogens is 1. The van der Waals surface area contributed by atoms with Crippen LogP contribution in [-0.2, 0) is 4.79 Å². The Kier molecular flexibility index (Phi) is 5.17. The number of non-ortho nitro benzene ring substituents is 1. The first-order valence-electron chi connectivity index (χ1n) is 10.3. The van der Waals surface area contributed by atoms with Crippen molar-refractivity contribution in [1.29, 1.82) is 0 Å². The van der Waals surface area contributed by atoms with Crippen LogP contribution in [0.2, 0.25) is 5.02 Å². The standard InChI is InChI=1S/C24H21ClN4O3/c1-14-2-10-18(11-3-14)28-23(16-6-12-19(13-7-16)29(31)32)20-21(26-27-22(20)24(28)30)15-4-8-17(25)9-5-15/h2-13,20-23,26-27H,1H3. The highest BCUT2D eigenvalue weighted by atomic mass is 35.5. The van der Waals surface area contributed by atoms with Gasteiger partial charge in [-0.2, -0.15) is 0 Å². The zero-order valence-corrected chi connectivity index (χ0v) is 18.0. The first-order valence-corrected chi connectivity index (χ1v) is 10.7. The first-order chi connectivity index (χ1) is 15.4. The number of nitro benzene ring substituents is 1. The number of aryl methyl sites for hydroxylation is 1. The van der Waals surface area contributed by atoms with Gasteiger partial charge in [0.25, 0.3) is 5.69 Å². The molecule has 0 bridgehead atoms. The summed E-state index contributed by atoms with van der Waals surface area (Å²) >= 11 is 6.08. The quantitative estimate of drug-likeness (QED) is 0.454. The monoisotopic (exact) mass is 448 g/mol. The molecule has 162 valence electrons. The van der Waals surface area contributed by atoms with Gasteiger partial charge in [0.2, 0.25) is 5.91 Å². The van der Waals surface area contributed by atoms with Crippen LogP contribution in [0.4, 0.5) is 11.4 Å². The Morgan fingerprint density at radius 3 is 2.09 bits per heavy atom. The number of fused-ring (bicyclic) bond motifs is 1. The van der Waals surface area contributed by atoms with Crippen LogP contribution in [0.5, 0.6) is 0 Å². The molecule has 7 nitrogen and oxygen atoms in total. The van der Waals surface area contributed by atoms with Crippen LogP contribution in [0, 0.1) is 23.0 Å². The largest absolute Gasteiger partial charge is 0.303 e. The Hall–Kier alpha value is -3.26. The fraction of sp³-hybridized carbons (Fsp3) is 0.208. The number of carbonyl (C=O) groups excluding carboxylic acids is 1. The molecule has 32 heavy (non-hydrogen) atoms. The van der Waals surface area contributed by atoms with Crippen LogP contribution in [0.1, 0.15) is 28.8 Å². The van der Waals surface area contributed by atoms with Gasteiger partial charge in [-0.1, -0.05) is 53.6 Å². The summed E-state index contributed by atoms with van der Waals surface area (Å²) < 4.78 is 0. The minimum atomic E-state index is -0.433. The smallest absolute Gasteiger partial charge is 0.269 e. The Morgan fingerprint density at radius 1 is 0.875 bits per heavy atom. The van der Waals surface area contributed by atoms with Gasteiger partial charge >= 0.3 is 0 Å². The van der Waals surface area contributed by atoms with Gasteiger partial charge in [-0.25, -0.2) is 10.9 Å². The van der Waals surface area contributed by atoms with Crippen LogP contribution in [0.15, 0.2) is 72.8 Å². The third-order valence-electron chi connectivity index (χ3n) is 6.30. The maximum Gasteiger partial charge on any atom is 0.269 e. The number of nitro groups is 1. The van der Waals surface area contributed by atoms with Crippen molar-refractivity contribution < 1.29 is 9.72 Å². The number of benzene rings is 3. The van der Waals surface area contributed by atoms with E-state index in [0.29, 0.717) is 5.02 Å². The molecule has 2 heterocycles.